The monoisotopic (exact) mass is 416 g/mol. The molecular weight excluding hydrogens is 388 g/mol. The van der Waals surface area contributed by atoms with Crippen molar-refractivity contribution in [2.24, 2.45) is 0 Å². The highest BCUT2D eigenvalue weighted by atomic mass is 16.7. The van der Waals surface area contributed by atoms with Crippen LogP contribution in [-0.4, -0.2) is 99.2 Å². The third-order valence-corrected chi connectivity index (χ3v) is 5.15. The molecule has 10 heteroatoms. The van der Waals surface area contributed by atoms with Gasteiger partial charge in [-0.25, -0.2) is 0 Å². The van der Waals surface area contributed by atoms with Crippen LogP contribution >= 0.6 is 0 Å². The van der Waals surface area contributed by atoms with Crippen LogP contribution in [0.4, 0.5) is 0 Å². The minimum Gasteiger partial charge on any atom is -0.388 e. The molecule has 164 valence electrons. The first-order chi connectivity index (χ1) is 13.8. The summed E-state index contributed by atoms with van der Waals surface area (Å²) in [7, 11) is 0. The van der Waals surface area contributed by atoms with Crippen molar-refractivity contribution in [3.63, 3.8) is 0 Å². The summed E-state index contributed by atoms with van der Waals surface area (Å²) in [5.41, 5.74) is 0.836. The quantitative estimate of drug-likeness (QED) is 0.307. The molecule has 0 saturated carbocycles. The van der Waals surface area contributed by atoms with Crippen LogP contribution in [0.25, 0.3) is 0 Å². The minimum atomic E-state index is -1.55. The Labute approximate surface area is 167 Å². The molecule has 0 radical (unpaired) electrons. The van der Waals surface area contributed by atoms with Crippen molar-refractivity contribution in [1.29, 1.82) is 0 Å². The molecule has 3 rings (SSSR count). The Morgan fingerprint density at radius 2 is 1.55 bits per heavy atom. The zero-order valence-corrected chi connectivity index (χ0v) is 15.9. The van der Waals surface area contributed by atoms with Crippen molar-refractivity contribution in [3.8, 4) is 0 Å². The molecule has 1 aromatic rings. The van der Waals surface area contributed by atoms with Gasteiger partial charge in [-0.05, 0) is 12.5 Å². The van der Waals surface area contributed by atoms with Crippen molar-refractivity contribution >= 4 is 0 Å². The molecule has 1 aromatic carbocycles. The van der Waals surface area contributed by atoms with E-state index in [0.717, 1.165) is 5.56 Å². The van der Waals surface area contributed by atoms with Crippen LogP contribution in [0, 0.1) is 0 Å². The Hall–Kier alpha value is -1.18. The van der Waals surface area contributed by atoms with Gasteiger partial charge in [0.15, 0.2) is 12.6 Å². The zero-order valence-electron chi connectivity index (χ0n) is 15.9. The molecule has 0 aromatic heterocycles. The van der Waals surface area contributed by atoms with Gasteiger partial charge in [0.25, 0.3) is 0 Å². The van der Waals surface area contributed by atoms with Gasteiger partial charge in [-0.3, -0.25) is 0 Å². The van der Waals surface area contributed by atoms with Crippen molar-refractivity contribution < 1.29 is 49.6 Å². The van der Waals surface area contributed by atoms with Crippen LogP contribution in [0.2, 0.25) is 0 Å². The molecule has 2 aliphatic heterocycles. The maximum absolute atomic E-state index is 10.2. The van der Waals surface area contributed by atoms with Crippen LogP contribution in [0.5, 0.6) is 0 Å². The fourth-order valence-electron chi connectivity index (χ4n) is 3.29. The Kier molecular flexibility index (Phi) is 7.57. The number of benzene rings is 1. The molecule has 0 spiro atoms. The molecule has 0 aliphatic carbocycles. The first-order valence-electron chi connectivity index (χ1n) is 9.47. The number of aliphatic hydroxyl groups excluding tert-OH is 6. The summed E-state index contributed by atoms with van der Waals surface area (Å²) in [6.07, 6.45) is -12.7. The van der Waals surface area contributed by atoms with Crippen molar-refractivity contribution in [3.05, 3.63) is 35.9 Å². The van der Waals surface area contributed by atoms with Gasteiger partial charge >= 0.3 is 0 Å². The van der Waals surface area contributed by atoms with Gasteiger partial charge in [-0.2, -0.15) is 0 Å². The highest BCUT2D eigenvalue weighted by molar-refractivity contribution is 5.16. The molecule has 0 bridgehead atoms. The predicted octanol–water partition coefficient (Wildman–Crippen LogP) is -1.97. The first-order valence-corrected chi connectivity index (χ1v) is 9.47. The summed E-state index contributed by atoms with van der Waals surface area (Å²) in [5, 5.41) is 59.7. The largest absolute Gasteiger partial charge is 0.388 e. The van der Waals surface area contributed by atoms with E-state index in [1.165, 1.54) is 0 Å². The van der Waals surface area contributed by atoms with Gasteiger partial charge in [0.05, 0.1) is 19.3 Å². The van der Waals surface area contributed by atoms with Crippen molar-refractivity contribution in [2.45, 2.75) is 68.3 Å². The van der Waals surface area contributed by atoms with E-state index in [0.29, 0.717) is 0 Å². The summed E-state index contributed by atoms with van der Waals surface area (Å²) < 4.78 is 21.8. The Bertz CT molecular complexity index is 631. The average Bonchev–Trinajstić information content (AvgIpc) is 2.73. The van der Waals surface area contributed by atoms with Gasteiger partial charge in [-0.1, -0.05) is 30.3 Å². The second-order valence-electron chi connectivity index (χ2n) is 7.29. The zero-order chi connectivity index (χ0) is 21.1. The molecule has 10 atom stereocenters. The lowest BCUT2D eigenvalue weighted by Gasteiger charge is -2.42. The lowest BCUT2D eigenvalue weighted by molar-refractivity contribution is -0.327. The maximum atomic E-state index is 10.2. The minimum absolute atomic E-state index is 0.237. The lowest BCUT2D eigenvalue weighted by atomic mass is 9.99. The summed E-state index contributed by atoms with van der Waals surface area (Å²) in [6.45, 7) is 1.20. The van der Waals surface area contributed by atoms with Gasteiger partial charge < -0.3 is 49.6 Å². The summed E-state index contributed by atoms with van der Waals surface area (Å²) >= 11 is 0. The van der Waals surface area contributed by atoms with E-state index in [2.05, 4.69) is 0 Å². The fourth-order valence-corrected chi connectivity index (χ4v) is 3.29. The maximum Gasteiger partial charge on any atom is 0.187 e. The summed E-state index contributed by atoms with van der Waals surface area (Å²) in [4.78, 5) is 0. The molecule has 29 heavy (non-hydrogen) atoms. The summed E-state index contributed by atoms with van der Waals surface area (Å²) in [6, 6.07) is 9.21. The third-order valence-electron chi connectivity index (χ3n) is 5.15. The number of hydrogen-bond acceptors (Lipinski definition) is 10. The SMILES string of the molecule is C[C@@H](O[C@@H]1O[C@H](CO[C@@H]2OC[C@H](O)[C@H](O)[C@H]2O)[C@@H](O)[C@H](O)[C@H]1O)c1ccccc1. The number of aliphatic hydroxyl groups is 6. The Morgan fingerprint density at radius 1 is 0.897 bits per heavy atom. The Morgan fingerprint density at radius 3 is 2.24 bits per heavy atom. The van der Waals surface area contributed by atoms with Crippen LogP contribution in [0.15, 0.2) is 30.3 Å². The van der Waals surface area contributed by atoms with Crippen LogP contribution in [-0.2, 0) is 18.9 Å². The van der Waals surface area contributed by atoms with E-state index in [1.807, 2.05) is 30.3 Å². The van der Waals surface area contributed by atoms with E-state index in [4.69, 9.17) is 18.9 Å². The number of hydrogen-bond donors (Lipinski definition) is 6. The second-order valence-corrected chi connectivity index (χ2v) is 7.29. The molecule has 0 unspecified atom stereocenters. The molecule has 0 amide bonds. The van der Waals surface area contributed by atoms with Crippen LogP contribution in [0.3, 0.4) is 0 Å². The van der Waals surface area contributed by atoms with E-state index >= 15 is 0 Å². The predicted molar refractivity (Wildman–Crippen MR) is 96.3 cm³/mol. The van der Waals surface area contributed by atoms with E-state index in [-0.39, 0.29) is 13.2 Å². The van der Waals surface area contributed by atoms with E-state index < -0.39 is 61.4 Å². The molecule has 2 saturated heterocycles. The van der Waals surface area contributed by atoms with Gasteiger partial charge in [0.2, 0.25) is 0 Å². The van der Waals surface area contributed by atoms with E-state index in [1.54, 1.807) is 6.92 Å². The summed E-state index contributed by atoms with van der Waals surface area (Å²) in [5.74, 6) is 0. The van der Waals surface area contributed by atoms with Gasteiger partial charge in [0.1, 0.15) is 42.7 Å². The van der Waals surface area contributed by atoms with Gasteiger partial charge in [-0.15, -0.1) is 0 Å². The van der Waals surface area contributed by atoms with Crippen molar-refractivity contribution in [1.82, 2.24) is 0 Å². The topological polar surface area (TPSA) is 158 Å². The highest BCUT2D eigenvalue weighted by Gasteiger charge is 2.46. The molecular formula is C19H28O10. The average molecular weight is 416 g/mol. The molecule has 10 nitrogen and oxygen atoms in total. The molecule has 2 heterocycles. The molecule has 2 aliphatic rings. The molecule has 2 fully saturated rings. The number of rotatable bonds is 6. The van der Waals surface area contributed by atoms with Crippen LogP contribution in [0.1, 0.15) is 18.6 Å². The fraction of sp³-hybridized carbons (Fsp3) is 0.684. The van der Waals surface area contributed by atoms with Crippen LogP contribution < -0.4 is 0 Å². The number of ether oxygens (including phenoxy) is 4. The lowest BCUT2D eigenvalue weighted by Crippen LogP contribution is -2.60. The van der Waals surface area contributed by atoms with Gasteiger partial charge in [0, 0.05) is 0 Å². The normalized spacial score (nSPS) is 41.8. The molecule has 6 N–H and O–H groups in total. The van der Waals surface area contributed by atoms with E-state index in [9.17, 15) is 30.6 Å². The smallest absolute Gasteiger partial charge is 0.187 e. The third kappa shape index (κ3) is 5.12. The highest BCUT2D eigenvalue weighted by Crippen LogP contribution is 2.28. The second kappa shape index (κ2) is 9.75. The first kappa shape index (κ1) is 22.5. The Balaban J connectivity index is 1.60. The van der Waals surface area contributed by atoms with Crippen molar-refractivity contribution in [2.75, 3.05) is 13.2 Å². The standard InChI is InChI=1S/C19H28O10/c1-9(10-5-3-2-4-6-10)28-19-17(25)15(23)14(22)12(29-19)8-27-18-16(24)13(21)11(20)7-26-18/h2-6,9,11-25H,7-8H2,1H3/t9-,11+,12-,13+,14-,15+,16-,17-,18+,19-/m1/s1.